The maximum atomic E-state index is 5.80. The molecule has 1 aromatic carbocycles. The average Bonchev–Trinajstić information content (AvgIpc) is 2.09. The van der Waals surface area contributed by atoms with Gasteiger partial charge in [0.2, 0.25) is 0 Å². The van der Waals surface area contributed by atoms with Gasteiger partial charge < -0.3 is 0 Å². The third-order valence-corrected chi connectivity index (χ3v) is 1.64. The van der Waals surface area contributed by atoms with Crippen molar-refractivity contribution in [2.75, 3.05) is 0 Å². The van der Waals surface area contributed by atoms with Gasteiger partial charge in [-0.1, -0.05) is 18.4 Å². The van der Waals surface area contributed by atoms with Crippen LogP contribution in [-0.2, 0) is 22.8 Å². The molecule has 0 amide bonds. The molecule has 0 aromatic heterocycles. The quantitative estimate of drug-likeness (QED) is 0.547. The zero-order valence-electron chi connectivity index (χ0n) is 6.40. The first-order valence-electron chi connectivity index (χ1n) is 3.25. The van der Waals surface area contributed by atoms with Crippen LogP contribution in [0, 0.1) is 6.07 Å². The fraction of sp³-hybridized carbons (Fsp3) is 0.250. The van der Waals surface area contributed by atoms with E-state index in [1.807, 2.05) is 18.2 Å². The SMILES string of the molecule is CCc1c[c-]ccc1Cl.[Zn+][Br]. The summed E-state index contributed by atoms with van der Waals surface area (Å²) < 4.78 is 0. The van der Waals surface area contributed by atoms with Crippen molar-refractivity contribution >= 4 is 25.2 Å². The van der Waals surface area contributed by atoms with E-state index < -0.39 is 0 Å². The molecule has 0 aliphatic rings. The van der Waals surface area contributed by atoms with Crippen molar-refractivity contribution < 1.29 is 16.3 Å². The van der Waals surface area contributed by atoms with Crippen LogP contribution in [0.2, 0.25) is 5.02 Å². The van der Waals surface area contributed by atoms with Crippen molar-refractivity contribution in [3.05, 3.63) is 34.9 Å². The van der Waals surface area contributed by atoms with E-state index in [2.05, 4.69) is 26.6 Å². The van der Waals surface area contributed by atoms with E-state index >= 15 is 0 Å². The molecule has 3 heteroatoms. The molecule has 0 saturated carbocycles. The van der Waals surface area contributed by atoms with Gasteiger partial charge in [0.05, 0.1) is 0 Å². The fourth-order valence-electron chi connectivity index (χ4n) is 0.717. The molecule has 1 aromatic rings. The van der Waals surface area contributed by atoms with Crippen LogP contribution in [0.15, 0.2) is 18.2 Å². The molecule has 56 valence electrons. The summed E-state index contributed by atoms with van der Waals surface area (Å²) in [5.41, 5.74) is 1.17. The molecule has 0 nitrogen and oxygen atoms in total. The maximum absolute atomic E-state index is 5.80. The van der Waals surface area contributed by atoms with Crippen LogP contribution in [0.1, 0.15) is 12.5 Å². The zero-order chi connectivity index (χ0) is 8.69. The zero-order valence-corrected chi connectivity index (χ0v) is 11.7. The van der Waals surface area contributed by atoms with E-state index in [0.717, 1.165) is 11.4 Å². The van der Waals surface area contributed by atoms with E-state index in [1.165, 1.54) is 21.9 Å². The summed E-state index contributed by atoms with van der Waals surface area (Å²) >= 11 is 10.1. The van der Waals surface area contributed by atoms with Gasteiger partial charge in [-0.25, -0.2) is 0 Å². The Balaban J connectivity index is 0.000000461. The third kappa shape index (κ3) is 4.25. The third-order valence-electron chi connectivity index (χ3n) is 1.27. The number of rotatable bonds is 1. The second-order valence-electron chi connectivity index (χ2n) is 1.87. The van der Waals surface area contributed by atoms with Gasteiger partial charge in [-0.15, -0.1) is 17.2 Å². The number of hydrogen-bond donors (Lipinski definition) is 0. The molecule has 0 unspecified atom stereocenters. The summed E-state index contributed by atoms with van der Waals surface area (Å²) in [4.78, 5) is 0. The van der Waals surface area contributed by atoms with E-state index in [9.17, 15) is 0 Å². The minimum absolute atomic E-state index is 0.844. The second kappa shape index (κ2) is 7.27. The van der Waals surface area contributed by atoms with Crippen LogP contribution in [0.4, 0.5) is 0 Å². The fourth-order valence-corrected chi connectivity index (χ4v) is 0.968. The molecule has 0 bridgehead atoms. The van der Waals surface area contributed by atoms with Gasteiger partial charge >= 0.3 is 30.0 Å². The van der Waals surface area contributed by atoms with E-state index in [0.29, 0.717) is 0 Å². The Morgan fingerprint density at radius 1 is 1.64 bits per heavy atom. The Morgan fingerprint density at radius 3 is 2.64 bits per heavy atom. The normalized spacial score (nSPS) is 8.45. The van der Waals surface area contributed by atoms with Crippen molar-refractivity contribution in [2.24, 2.45) is 0 Å². The minimum atomic E-state index is 0.844. The summed E-state index contributed by atoms with van der Waals surface area (Å²) in [6.45, 7) is 2.08. The van der Waals surface area contributed by atoms with Crippen molar-refractivity contribution in [3.8, 4) is 0 Å². The standard InChI is InChI=1S/C8H8Cl.BrH.Zn/c1-2-7-5-3-4-6-8(7)9;;/h4-6H,2H2,1H3;1H;/q-1;;+2/p-1. The topological polar surface area (TPSA) is 0 Å². The number of benzene rings is 1. The Hall–Kier alpha value is 0.613. The van der Waals surface area contributed by atoms with Gasteiger partial charge in [-0.05, 0) is 0 Å². The Morgan fingerprint density at radius 2 is 2.27 bits per heavy atom. The number of halogens is 2. The van der Waals surface area contributed by atoms with E-state index in [-0.39, 0.29) is 0 Å². The first-order valence-corrected chi connectivity index (χ1v) is 10.6. The summed E-state index contributed by atoms with van der Waals surface area (Å²) in [5, 5.41) is 0.844. The first kappa shape index (κ1) is 11.6. The monoisotopic (exact) mass is 282 g/mol. The molecule has 0 atom stereocenters. The van der Waals surface area contributed by atoms with Crippen LogP contribution in [-0.4, -0.2) is 0 Å². The van der Waals surface area contributed by atoms with Crippen molar-refractivity contribution in [1.29, 1.82) is 0 Å². The van der Waals surface area contributed by atoms with Crippen LogP contribution >= 0.6 is 25.2 Å². The van der Waals surface area contributed by atoms with Gasteiger partial charge in [0.1, 0.15) is 0 Å². The Bertz CT molecular complexity index is 203. The summed E-state index contributed by atoms with van der Waals surface area (Å²) in [5.74, 6) is 0. The van der Waals surface area contributed by atoms with Crippen LogP contribution in [0.3, 0.4) is 0 Å². The van der Waals surface area contributed by atoms with Crippen LogP contribution in [0.5, 0.6) is 0 Å². The molecule has 0 aliphatic carbocycles. The Labute approximate surface area is 89.4 Å². The number of hydrogen-bond acceptors (Lipinski definition) is 0. The molecule has 0 saturated heterocycles. The molecule has 0 fully saturated rings. The van der Waals surface area contributed by atoms with Gasteiger partial charge in [-0.2, -0.15) is 24.3 Å². The van der Waals surface area contributed by atoms with Crippen LogP contribution < -0.4 is 0 Å². The molecular formula is C8H8BrClZn. The summed E-state index contributed by atoms with van der Waals surface area (Å²) in [6, 6.07) is 8.57. The molecule has 11 heavy (non-hydrogen) atoms. The molecule has 0 heterocycles. The van der Waals surface area contributed by atoms with Gasteiger partial charge in [0.15, 0.2) is 0 Å². The van der Waals surface area contributed by atoms with E-state index in [4.69, 9.17) is 11.6 Å². The van der Waals surface area contributed by atoms with Crippen molar-refractivity contribution in [1.82, 2.24) is 0 Å². The van der Waals surface area contributed by atoms with Gasteiger partial charge in [0.25, 0.3) is 0 Å². The van der Waals surface area contributed by atoms with Crippen molar-refractivity contribution in [3.63, 3.8) is 0 Å². The van der Waals surface area contributed by atoms with E-state index in [1.54, 1.807) is 0 Å². The predicted octanol–water partition coefficient (Wildman–Crippen LogP) is 3.55. The van der Waals surface area contributed by atoms with Crippen molar-refractivity contribution in [2.45, 2.75) is 13.3 Å². The molecule has 0 radical (unpaired) electrons. The van der Waals surface area contributed by atoms with Gasteiger partial charge in [0, 0.05) is 0 Å². The first-order chi connectivity index (χ1) is 5.34. The Kier molecular flexibility index (Phi) is 7.68. The van der Waals surface area contributed by atoms with Gasteiger partial charge in [-0.3, -0.25) is 0 Å². The molecular weight excluding hydrogens is 277 g/mol. The molecule has 0 spiro atoms. The predicted molar refractivity (Wildman–Crippen MR) is 48.6 cm³/mol. The molecule has 1 rings (SSSR count). The number of aryl methyl sites for hydroxylation is 1. The summed E-state index contributed by atoms with van der Waals surface area (Å²) in [7, 11) is 0. The molecule has 0 N–H and O–H groups in total. The average molecular weight is 285 g/mol. The summed E-state index contributed by atoms with van der Waals surface area (Å²) in [6.07, 6.45) is 0.982. The second-order valence-corrected chi connectivity index (χ2v) is 2.28. The van der Waals surface area contributed by atoms with Crippen LogP contribution in [0.25, 0.3) is 0 Å². The molecule has 0 aliphatic heterocycles.